The van der Waals surface area contributed by atoms with Crippen molar-refractivity contribution in [3.05, 3.63) is 48.3 Å². The van der Waals surface area contributed by atoms with Crippen molar-refractivity contribution in [2.24, 2.45) is 5.14 Å². The molecular formula is C12H14N4O2S. The van der Waals surface area contributed by atoms with Crippen molar-refractivity contribution in [2.45, 2.75) is 11.4 Å². The number of aromatic nitrogens is 1. The van der Waals surface area contributed by atoms with Gasteiger partial charge in [-0.3, -0.25) is 4.98 Å². The summed E-state index contributed by atoms with van der Waals surface area (Å²) in [4.78, 5) is 3.92. The summed E-state index contributed by atoms with van der Waals surface area (Å²) in [6.45, 7) is 0.571. The molecule has 19 heavy (non-hydrogen) atoms. The number of sulfonamides is 1. The zero-order valence-corrected chi connectivity index (χ0v) is 10.9. The van der Waals surface area contributed by atoms with Gasteiger partial charge < -0.3 is 11.1 Å². The quantitative estimate of drug-likeness (QED) is 0.720. The number of nitrogens with zero attached hydrogens (tertiary/aromatic N) is 1. The summed E-state index contributed by atoms with van der Waals surface area (Å²) < 4.78 is 22.3. The van der Waals surface area contributed by atoms with Gasteiger partial charge in [-0.05, 0) is 35.9 Å². The van der Waals surface area contributed by atoms with Gasteiger partial charge in [-0.15, -0.1) is 0 Å². The van der Waals surface area contributed by atoms with Crippen molar-refractivity contribution in [3.8, 4) is 0 Å². The molecule has 0 saturated carbocycles. The largest absolute Gasteiger partial charge is 0.397 e. The molecule has 2 rings (SSSR count). The van der Waals surface area contributed by atoms with Crippen LogP contribution in [0.5, 0.6) is 0 Å². The molecule has 0 spiro atoms. The number of pyridine rings is 1. The van der Waals surface area contributed by atoms with E-state index in [1.54, 1.807) is 18.5 Å². The molecule has 1 aromatic carbocycles. The molecule has 0 atom stereocenters. The summed E-state index contributed by atoms with van der Waals surface area (Å²) in [6.07, 6.45) is 3.40. The van der Waals surface area contributed by atoms with Crippen LogP contribution in [0.4, 0.5) is 11.4 Å². The Bertz CT molecular complexity index is 671. The van der Waals surface area contributed by atoms with Gasteiger partial charge >= 0.3 is 0 Å². The van der Waals surface area contributed by atoms with Crippen molar-refractivity contribution in [1.82, 2.24) is 4.98 Å². The smallest absolute Gasteiger partial charge is 0.238 e. The molecule has 7 heteroatoms. The second-order valence-electron chi connectivity index (χ2n) is 4.00. The number of anilines is 2. The van der Waals surface area contributed by atoms with E-state index in [2.05, 4.69) is 10.3 Å². The molecular weight excluding hydrogens is 264 g/mol. The molecule has 6 nitrogen and oxygen atoms in total. The topological polar surface area (TPSA) is 111 Å². The minimum atomic E-state index is -3.73. The lowest BCUT2D eigenvalue weighted by atomic mass is 10.2. The number of nitrogens with two attached hydrogens (primary N) is 2. The molecule has 0 radical (unpaired) electrons. The molecule has 2 aromatic rings. The Morgan fingerprint density at radius 2 is 1.84 bits per heavy atom. The van der Waals surface area contributed by atoms with Crippen LogP contribution >= 0.6 is 0 Å². The highest BCUT2D eigenvalue weighted by atomic mass is 32.2. The van der Waals surface area contributed by atoms with Gasteiger partial charge in [0.25, 0.3) is 0 Å². The van der Waals surface area contributed by atoms with Crippen molar-refractivity contribution in [3.63, 3.8) is 0 Å². The number of benzene rings is 1. The lowest BCUT2D eigenvalue weighted by molar-refractivity contribution is 0.598. The second-order valence-corrected chi connectivity index (χ2v) is 5.56. The van der Waals surface area contributed by atoms with Gasteiger partial charge in [0.2, 0.25) is 10.0 Å². The van der Waals surface area contributed by atoms with Crippen LogP contribution in [0.2, 0.25) is 0 Å². The molecule has 1 aromatic heterocycles. The Morgan fingerprint density at radius 3 is 2.42 bits per heavy atom. The highest BCUT2D eigenvalue weighted by molar-refractivity contribution is 7.89. The van der Waals surface area contributed by atoms with Gasteiger partial charge in [0.05, 0.1) is 16.3 Å². The van der Waals surface area contributed by atoms with Crippen LogP contribution in [0.25, 0.3) is 0 Å². The molecule has 0 unspecified atom stereocenters. The van der Waals surface area contributed by atoms with Crippen molar-refractivity contribution in [1.29, 1.82) is 0 Å². The van der Waals surface area contributed by atoms with E-state index in [9.17, 15) is 8.42 Å². The zero-order chi connectivity index (χ0) is 13.9. The van der Waals surface area contributed by atoms with Gasteiger partial charge in [0.1, 0.15) is 0 Å². The molecule has 0 aliphatic rings. The Kier molecular flexibility index (Phi) is 3.68. The summed E-state index contributed by atoms with van der Waals surface area (Å²) >= 11 is 0. The van der Waals surface area contributed by atoms with Crippen LogP contribution in [0, 0.1) is 0 Å². The fourth-order valence-electron chi connectivity index (χ4n) is 1.58. The van der Waals surface area contributed by atoms with Crippen molar-refractivity contribution < 1.29 is 8.42 Å². The Hall–Kier alpha value is -2.12. The van der Waals surface area contributed by atoms with Crippen LogP contribution in [-0.2, 0) is 16.6 Å². The first-order valence-electron chi connectivity index (χ1n) is 5.52. The average Bonchev–Trinajstić information content (AvgIpc) is 2.37. The molecule has 0 aliphatic carbocycles. The number of nitrogens with one attached hydrogen (secondary N) is 1. The summed E-state index contributed by atoms with van der Waals surface area (Å²) in [6, 6.07) is 8.10. The van der Waals surface area contributed by atoms with E-state index in [-0.39, 0.29) is 4.90 Å². The molecule has 1 heterocycles. The van der Waals surface area contributed by atoms with Crippen LogP contribution in [0.3, 0.4) is 0 Å². The van der Waals surface area contributed by atoms with Gasteiger partial charge in [-0.2, -0.15) is 0 Å². The Morgan fingerprint density at radius 1 is 1.16 bits per heavy atom. The minimum Gasteiger partial charge on any atom is -0.397 e. The first-order valence-corrected chi connectivity index (χ1v) is 7.06. The molecule has 0 aliphatic heterocycles. The summed E-state index contributed by atoms with van der Waals surface area (Å²) in [5, 5.41) is 8.15. The van der Waals surface area contributed by atoms with Crippen LogP contribution < -0.4 is 16.2 Å². The van der Waals surface area contributed by atoms with E-state index in [0.717, 1.165) is 5.56 Å². The molecule has 0 amide bonds. The van der Waals surface area contributed by atoms with E-state index >= 15 is 0 Å². The van der Waals surface area contributed by atoms with Crippen molar-refractivity contribution >= 4 is 21.4 Å². The monoisotopic (exact) mass is 278 g/mol. The number of rotatable bonds is 4. The molecule has 0 saturated heterocycles. The lowest BCUT2D eigenvalue weighted by Gasteiger charge is -2.10. The fraction of sp³-hybridized carbons (Fsp3) is 0.0833. The molecule has 0 bridgehead atoms. The predicted octanol–water partition coefficient (Wildman–Crippen LogP) is 0.923. The SMILES string of the molecule is Nc1cc(S(N)(=O)=O)ccc1NCc1ccncc1. The minimum absolute atomic E-state index is 0.000499. The highest BCUT2D eigenvalue weighted by Crippen LogP contribution is 2.22. The van der Waals surface area contributed by atoms with E-state index in [1.807, 2.05) is 12.1 Å². The van der Waals surface area contributed by atoms with E-state index in [4.69, 9.17) is 10.9 Å². The summed E-state index contributed by atoms with van der Waals surface area (Å²) in [5.74, 6) is 0. The van der Waals surface area contributed by atoms with E-state index in [1.165, 1.54) is 12.1 Å². The normalized spacial score (nSPS) is 11.2. The van der Waals surface area contributed by atoms with Gasteiger partial charge in [0, 0.05) is 18.9 Å². The summed E-state index contributed by atoms with van der Waals surface area (Å²) in [7, 11) is -3.73. The predicted molar refractivity (Wildman–Crippen MR) is 73.8 cm³/mol. The Labute approximate surface area is 111 Å². The maximum absolute atomic E-state index is 11.2. The van der Waals surface area contributed by atoms with Crippen LogP contribution in [0.15, 0.2) is 47.6 Å². The van der Waals surface area contributed by atoms with E-state index < -0.39 is 10.0 Å². The second kappa shape index (κ2) is 5.25. The third kappa shape index (κ3) is 3.43. The van der Waals surface area contributed by atoms with Gasteiger partial charge in [-0.25, -0.2) is 13.6 Å². The van der Waals surface area contributed by atoms with Crippen molar-refractivity contribution in [2.75, 3.05) is 11.1 Å². The number of nitrogen functional groups attached to an aromatic ring is 1. The number of hydrogen-bond donors (Lipinski definition) is 3. The molecule has 0 fully saturated rings. The summed E-state index contributed by atoms with van der Waals surface area (Å²) in [5.41, 5.74) is 7.82. The molecule has 5 N–H and O–H groups in total. The highest BCUT2D eigenvalue weighted by Gasteiger charge is 2.09. The maximum atomic E-state index is 11.2. The molecule has 100 valence electrons. The lowest BCUT2D eigenvalue weighted by Crippen LogP contribution is -2.13. The first-order chi connectivity index (χ1) is 8.97. The van der Waals surface area contributed by atoms with E-state index in [0.29, 0.717) is 17.9 Å². The average molecular weight is 278 g/mol. The van der Waals surface area contributed by atoms with Crippen LogP contribution in [-0.4, -0.2) is 13.4 Å². The Balaban J connectivity index is 2.14. The fourth-order valence-corrected chi connectivity index (χ4v) is 2.13. The third-order valence-electron chi connectivity index (χ3n) is 2.58. The van der Waals surface area contributed by atoms with Crippen LogP contribution in [0.1, 0.15) is 5.56 Å². The maximum Gasteiger partial charge on any atom is 0.238 e. The first kappa shape index (κ1) is 13.3. The standard InChI is InChI=1S/C12H14N4O2S/c13-11-7-10(19(14,17)18)1-2-12(11)16-8-9-3-5-15-6-4-9/h1-7,16H,8,13H2,(H2,14,17,18). The van der Waals surface area contributed by atoms with Gasteiger partial charge in [-0.1, -0.05) is 0 Å². The zero-order valence-electron chi connectivity index (χ0n) is 10.1. The number of hydrogen-bond acceptors (Lipinski definition) is 5. The number of primary sulfonamides is 1. The van der Waals surface area contributed by atoms with Gasteiger partial charge in [0.15, 0.2) is 0 Å². The third-order valence-corrected chi connectivity index (χ3v) is 3.49.